The first-order valence-corrected chi connectivity index (χ1v) is 8.29. The molecule has 3 heteroatoms. The van der Waals surface area contributed by atoms with Gasteiger partial charge in [0.2, 0.25) is 0 Å². The smallest absolute Gasteiger partial charge is 0.0400 e. The summed E-state index contributed by atoms with van der Waals surface area (Å²) in [5.41, 5.74) is 8.94. The van der Waals surface area contributed by atoms with E-state index in [1.807, 2.05) is 0 Å². The predicted molar refractivity (Wildman–Crippen MR) is 86.8 cm³/mol. The van der Waals surface area contributed by atoms with E-state index < -0.39 is 0 Å². The number of hydrogen-bond acceptors (Lipinski definition) is 2. The van der Waals surface area contributed by atoms with E-state index in [0.29, 0.717) is 0 Å². The molecule has 0 spiro atoms. The summed E-state index contributed by atoms with van der Waals surface area (Å²) >= 11 is 3.59. The van der Waals surface area contributed by atoms with E-state index in [9.17, 15) is 0 Å². The largest absolute Gasteiger partial charge is 0.371 e. The first-order chi connectivity index (χ1) is 9.20. The zero-order valence-corrected chi connectivity index (χ0v) is 13.5. The van der Waals surface area contributed by atoms with Gasteiger partial charge in [-0.05, 0) is 49.4 Å². The highest BCUT2D eigenvalue weighted by molar-refractivity contribution is 9.10. The SMILES string of the molecule is CCC(N)Cc1cc(Br)ccc1N1CCCCCC1. The van der Waals surface area contributed by atoms with Crippen molar-refractivity contribution < 1.29 is 0 Å². The number of nitrogens with two attached hydrogens (primary N) is 1. The molecule has 0 aromatic heterocycles. The van der Waals surface area contributed by atoms with Crippen LogP contribution in [-0.2, 0) is 6.42 Å². The molecule has 0 amide bonds. The number of hydrogen-bond donors (Lipinski definition) is 1. The van der Waals surface area contributed by atoms with E-state index in [-0.39, 0.29) is 6.04 Å². The first kappa shape index (κ1) is 14.9. The maximum Gasteiger partial charge on any atom is 0.0400 e. The van der Waals surface area contributed by atoms with Crippen LogP contribution in [-0.4, -0.2) is 19.1 Å². The summed E-state index contributed by atoms with van der Waals surface area (Å²) in [7, 11) is 0. The molecule has 0 aliphatic carbocycles. The molecule has 1 unspecified atom stereocenters. The van der Waals surface area contributed by atoms with Crippen molar-refractivity contribution >= 4 is 21.6 Å². The van der Waals surface area contributed by atoms with E-state index in [4.69, 9.17) is 5.73 Å². The summed E-state index contributed by atoms with van der Waals surface area (Å²) in [6.45, 7) is 4.54. The summed E-state index contributed by atoms with van der Waals surface area (Å²) in [6, 6.07) is 6.92. The second kappa shape index (κ2) is 7.30. The fraction of sp³-hybridized carbons (Fsp3) is 0.625. The van der Waals surface area contributed by atoms with Gasteiger partial charge in [-0.1, -0.05) is 35.7 Å². The molecular weight excluding hydrogens is 300 g/mol. The molecule has 2 nitrogen and oxygen atoms in total. The molecule has 1 aromatic carbocycles. The van der Waals surface area contributed by atoms with Crippen LogP contribution >= 0.6 is 15.9 Å². The minimum atomic E-state index is 0.264. The third-order valence-electron chi connectivity index (χ3n) is 3.99. The Kier molecular flexibility index (Phi) is 5.71. The Morgan fingerprint density at radius 2 is 1.89 bits per heavy atom. The van der Waals surface area contributed by atoms with Gasteiger partial charge in [0, 0.05) is 29.3 Å². The lowest BCUT2D eigenvalue weighted by atomic mass is 10.0. The van der Waals surface area contributed by atoms with Gasteiger partial charge in [0.05, 0.1) is 0 Å². The zero-order chi connectivity index (χ0) is 13.7. The highest BCUT2D eigenvalue weighted by atomic mass is 79.9. The molecule has 2 rings (SSSR count). The normalized spacial score (nSPS) is 18.2. The van der Waals surface area contributed by atoms with Crippen LogP contribution in [0.15, 0.2) is 22.7 Å². The van der Waals surface area contributed by atoms with E-state index in [1.54, 1.807) is 0 Å². The highest BCUT2D eigenvalue weighted by Crippen LogP contribution is 2.28. The predicted octanol–water partition coefficient (Wildman–Crippen LogP) is 4.11. The van der Waals surface area contributed by atoms with Gasteiger partial charge in [-0.3, -0.25) is 0 Å². The lowest BCUT2D eigenvalue weighted by Gasteiger charge is -2.26. The number of anilines is 1. The van der Waals surface area contributed by atoms with Crippen LogP contribution in [0.5, 0.6) is 0 Å². The van der Waals surface area contributed by atoms with Crippen molar-refractivity contribution in [1.29, 1.82) is 0 Å². The Bertz CT molecular complexity index is 398. The second-order valence-electron chi connectivity index (χ2n) is 5.55. The average molecular weight is 325 g/mol. The van der Waals surface area contributed by atoms with Gasteiger partial charge in [-0.25, -0.2) is 0 Å². The summed E-state index contributed by atoms with van der Waals surface area (Å²) in [5, 5.41) is 0. The zero-order valence-electron chi connectivity index (χ0n) is 11.9. The van der Waals surface area contributed by atoms with Crippen molar-refractivity contribution in [2.24, 2.45) is 5.73 Å². The Morgan fingerprint density at radius 3 is 2.53 bits per heavy atom. The minimum Gasteiger partial charge on any atom is -0.371 e. The molecule has 1 aromatic rings. The van der Waals surface area contributed by atoms with Crippen molar-refractivity contribution in [3.63, 3.8) is 0 Å². The van der Waals surface area contributed by atoms with E-state index in [1.165, 1.54) is 50.0 Å². The van der Waals surface area contributed by atoms with Crippen LogP contribution in [0, 0.1) is 0 Å². The molecule has 0 saturated carbocycles. The third-order valence-corrected chi connectivity index (χ3v) is 4.49. The summed E-state index contributed by atoms with van der Waals surface area (Å²) in [4.78, 5) is 2.55. The molecule has 0 bridgehead atoms. The van der Waals surface area contributed by atoms with Gasteiger partial charge in [0.1, 0.15) is 0 Å². The lowest BCUT2D eigenvalue weighted by molar-refractivity contribution is 0.643. The second-order valence-corrected chi connectivity index (χ2v) is 6.46. The van der Waals surface area contributed by atoms with Gasteiger partial charge in [-0.2, -0.15) is 0 Å². The Labute approximate surface area is 125 Å². The Balaban J connectivity index is 2.21. The molecule has 19 heavy (non-hydrogen) atoms. The van der Waals surface area contributed by atoms with Crippen LogP contribution in [0.1, 0.15) is 44.6 Å². The van der Waals surface area contributed by atoms with Crippen LogP contribution in [0.4, 0.5) is 5.69 Å². The molecular formula is C16H25BrN2. The monoisotopic (exact) mass is 324 g/mol. The fourth-order valence-corrected chi connectivity index (χ4v) is 3.17. The van der Waals surface area contributed by atoms with Crippen molar-refractivity contribution in [2.75, 3.05) is 18.0 Å². The molecule has 106 valence electrons. The van der Waals surface area contributed by atoms with Gasteiger partial charge >= 0.3 is 0 Å². The van der Waals surface area contributed by atoms with Gasteiger partial charge in [0.25, 0.3) is 0 Å². The third kappa shape index (κ3) is 4.22. The van der Waals surface area contributed by atoms with E-state index in [0.717, 1.165) is 17.3 Å². The molecule has 0 radical (unpaired) electrons. The van der Waals surface area contributed by atoms with Crippen LogP contribution in [0.25, 0.3) is 0 Å². The van der Waals surface area contributed by atoms with E-state index >= 15 is 0 Å². The molecule has 1 saturated heterocycles. The first-order valence-electron chi connectivity index (χ1n) is 7.49. The topological polar surface area (TPSA) is 29.3 Å². The average Bonchev–Trinajstić information content (AvgIpc) is 2.67. The molecule has 1 atom stereocenters. The number of halogens is 1. The lowest BCUT2D eigenvalue weighted by Crippen LogP contribution is -2.27. The van der Waals surface area contributed by atoms with Crippen LogP contribution < -0.4 is 10.6 Å². The van der Waals surface area contributed by atoms with E-state index in [2.05, 4.69) is 46.0 Å². The maximum absolute atomic E-state index is 6.15. The van der Waals surface area contributed by atoms with Crippen LogP contribution in [0.2, 0.25) is 0 Å². The van der Waals surface area contributed by atoms with Gasteiger partial charge in [0.15, 0.2) is 0 Å². The summed E-state index contributed by atoms with van der Waals surface area (Å²) in [5.74, 6) is 0. The van der Waals surface area contributed by atoms with Crippen LogP contribution in [0.3, 0.4) is 0 Å². The molecule has 1 aliphatic heterocycles. The number of rotatable bonds is 4. The van der Waals surface area contributed by atoms with Crippen molar-refractivity contribution in [3.8, 4) is 0 Å². The molecule has 2 N–H and O–H groups in total. The summed E-state index contributed by atoms with van der Waals surface area (Å²) < 4.78 is 1.16. The molecule has 1 fully saturated rings. The Hall–Kier alpha value is -0.540. The quantitative estimate of drug-likeness (QED) is 0.903. The van der Waals surface area contributed by atoms with Gasteiger partial charge < -0.3 is 10.6 Å². The highest BCUT2D eigenvalue weighted by Gasteiger charge is 2.15. The van der Waals surface area contributed by atoms with Crippen molar-refractivity contribution in [3.05, 3.63) is 28.2 Å². The maximum atomic E-state index is 6.15. The van der Waals surface area contributed by atoms with Crippen molar-refractivity contribution in [1.82, 2.24) is 0 Å². The number of benzene rings is 1. The Morgan fingerprint density at radius 1 is 1.21 bits per heavy atom. The number of nitrogens with zero attached hydrogens (tertiary/aromatic N) is 1. The van der Waals surface area contributed by atoms with Gasteiger partial charge in [-0.15, -0.1) is 0 Å². The molecule has 1 heterocycles. The summed E-state index contributed by atoms with van der Waals surface area (Å²) in [6.07, 6.45) is 7.38. The minimum absolute atomic E-state index is 0.264. The fourth-order valence-electron chi connectivity index (χ4n) is 2.76. The van der Waals surface area contributed by atoms with Crippen molar-refractivity contribution in [2.45, 2.75) is 51.5 Å². The standard InChI is InChI=1S/C16H25BrN2/c1-2-15(18)12-13-11-14(17)7-8-16(13)19-9-5-3-4-6-10-19/h7-8,11,15H,2-6,9-10,12,18H2,1H3. The molecule has 1 aliphatic rings.